The molecule has 0 atom stereocenters. The van der Waals surface area contributed by atoms with Crippen LogP contribution in [-0.4, -0.2) is 41.1 Å². The van der Waals surface area contributed by atoms with Crippen molar-refractivity contribution in [3.8, 4) is 22.5 Å². The van der Waals surface area contributed by atoms with E-state index in [1.807, 2.05) is 25.4 Å². The number of hydrogen-bond donors (Lipinski definition) is 1. The van der Waals surface area contributed by atoms with Crippen molar-refractivity contribution in [2.45, 2.75) is 5.16 Å². The molecule has 5 nitrogen and oxygen atoms in total. The van der Waals surface area contributed by atoms with Gasteiger partial charge < -0.3 is 14.6 Å². The number of hydrogen-bond acceptors (Lipinski definition) is 5. The molecule has 1 aromatic carbocycles. The van der Waals surface area contributed by atoms with Gasteiger partial charge >= 0.3 is 0 Å². The van der Waals surface area contributed by atoms with Crippen molar-refractivity contribution < 1.29 is 9.13 Å². The standard InChI is InChI=1S/C19H21FN4OS/c1-24-18(14-8-9-21-16(12-14)22-10-11-25-2)17(23-19(24)26-3)13-4-6-15(20)7-5-13/h4-9,12H,10-11H2,1-3H3,(H,21,22). The lowest BCUT2D eigenvalue weighted by Gasteiger charge is -2.10. The zero-order valence-corrected chi connectivity index (χ0v) is 15.8. The maximum Gasteiger partial charge on any atom is 0.168 e. The van der Waals surface area contributed by atoms with E-state index < -0.39 is 0 Å². The topological polar surface area (TPSA) is 52.0 Å². The number of imidazole rings is 1. The summed E-state index contributed by atoms with van der Waals surface area (Å²) in [5.74, 6) is 0.515. The molecule has 1 N–H and O–H groups in total. The van der Waals surface area contributed by atoms with Gasteiger partial charge in [-0.25, -0.2) is 14.4 Å². The number of rotatable bonds is 7. The molecule has 0 radical (unpaired) electrons. The van der Waals surface area contributed by atoms with E-state index in [2.05, 4.69) is 14.9 Å². The molecule has 0 spiro atoms. The third kappa shape index (κ3) is 3.89. The van der Waals surface area contributed by atoms with Crippen LogP contribution in [0, 0.1) is 5.82 Å². The van der Waals surface area contributed by atoms with E-state index in [-0.39, 0.29) is 5.82 Å². The lowest BCUT2D eigenvalue weighted by Crippen LogP contribution is -2.08. The lowest BCUT2D eigenvalue weighted by molar-refractivity contribution is 0.210. The lowest BCUT2D eigenvalue weighted by atomic mass is 10.1. The number of halogens is 1. The normalized spacial score (nSPS) is 10.9. The van der Waals surface area contributed by atoms with Gasteiger partial charge in [0.15, 0.2) is 5.16 Å². The second-order valence-corrected chi connectivity index (χ2v) is 6.48. The molecule has 2 aromatic heterocycles. The first-order valence-corrected chi connectivity index (χ1v) is 9.42. The highest BCUT2D eigenvalue weighted by Crippen LogP contribution is 2.35. The van der Waals surface area contributed by atoms with Crippen molar-refractivity contribution in [2.24, 2.45) is 7.05 Å². The number of nitrogens with one attached hydrogen (secondary N) is 1. The monoisotopic (exact) mass is 372 g/mol. The zero-order chi connectivity index (χ0) is 18.5. The van der Waals surface area contributed by atoms with Gasteiger partial charge in [0.25, 0.3) is 0 Å². The van der Waals surface area contributed by atoms with Crippen LogP contribution in [0.1, 0.15) is 0 Å². The van der Waals surface area contributed by atoms with Crippen LogP contribution < -0.4 is 5.32 Å². The smallest absolute Gasteiger partial charge is 0.168 e. The Kier molecular flexibility index (Phi) is 5.90. The van der Waals surface area contributed by atoms with Crippen LogP contribution in [0.3, 0.4) is 0 Å². The predicted molar refractivity (Wildman–Crippen MR) is 104 cm³/mol. The van der Waals surface area contributed by atoms with E-state index in [4.69, 9.17) is 9.72 Å². The van der Waals surface area contributed by atoms with E-state index in [0.29, 0.717) is 13.2 Å². The molecule has 0 aliphatic carbocycles. The number of thioether (sulfide) groups is 1. The van der Waals surface area contributed by atoms with E-state index >= 15 is 0 Å². The summed E-state index contributed by atoms with van der Waals surface area (Å²) >= 11 is 1.57. The molecule has 2 heterocycles. The Balaban J connectivity index is 2.05. The second-order valence-electron chi connectivity index (χ2n) is 5.71. The van der Waals surface area contributed by atoms with Gasteiger partial charge in [-0.05, 0) is 42.7 Å². The first kappa shape index (κ1) is 18.4. The van der Waals surface area contributed by atoms with Gasteiger partial charge in [-0.1, -0.05) is 11.8 Å². The number of benzene rings is 1. The molecular formula is C19H21FN4OS. The largest absolute Gasteiger partial charge is 0.383 e. The number of methoxy groups -OCH3 is 1. The van der Waals surface area contributed by atoms with Crippen molar-refractivity contribution in [3.63, 3.8) is 0 Å². The van der Waals surface area contributed by atoms with E-state index in [9.17, 15) is 4.39 Å². The summed E-state index contributed by atoms with van der Waals surface area (Å²) in [7, 11) is 3.65. The minimum Gasteiger partial charge on any atom is -0.383 e. The zero-order valence-electron chi connectivity index (χ0n) is 15.0. The Bertz CT molecular complexity index is 880. The van der Waals surface area contributed by atoms with Crippen LogP contribution in [0.2, 0.25) is 0 Å². The Morgan fingerprint density at radius 1 is 1.19 bits per heavy atom. The van der Waals surface area contributed by atoms with Gasteiger partial charge in [0, 0.05) is 38.0 Å². The molecule has 0 saturated carbocycles. The molecule has 0 fully saturated rings. The fourth-order valence-electron chi connectivity index (χ4n) is 2.76. The van der Waals surface area contributed by atoms with Gasteiger partial charge in [0.2, 0.25) is 0 Å². The van der Waals surface area contributed by atoms with Crippen molar-refractivity contribution in [1.29, 1.82) is 0 Å². The average molecular weight is 372 g/mol. The van der Waals surface area contributed by atoms with Crippen molar-refractivity contribution >= 4 is 17.6 Å². The highest BCUT2D eigenvalue weighted by atomic mass is 32.2. The van der Waals surface area contributed by atoms with Crippen LogP contribution in [0.5, 0.6) is 0 Å². The van der Waals surface area contributed by atoms with Crippen molar-refractivity contribution in [2.75, 3.05) is 31.8 Å². The van der Waals surface area contributed by atoms with Crippen molar-refractivity contribution in [1.82, 2.24) is 14.5 Å². The van der Waals surface area contributed by atoms with Crippen LogP contribution in [0.4, 0.5) is 10.2 Å². The maximum atomic E-state index is 13.3. The summed E-state index contributed by atoms with van der Waals surface area (Å²) in [6.07, 6.45) is 3.76. The highest BCUT2D eigenvalue weighted by molar-refractivity contribution is 7.98. The molecule has 26 heavy (non-hydrogen) atoms. The Morgan fingerprint density at radius 3 is 2.65 bits per heavy atom. The first-order chi connectivity index (χ1) is 12.6. The summed E-state index contributed by atoms with van der Waals surface area (Å²) < 4.78 is 20.4. The fourth-order valence-corrected chi connectivity index (χ4v) is 3.30. The second kappa shape index (κ2) is 8.33. The van der Waals surface area contributed by atoms with E-state index in [0.717, 1.165) is 33.5 Å². The molecule has 0 aliphatic heterocycles. The quantitative estimate of drug-likeness (QED) is 0.500. The minimum atomic E-state index is -0.259. The highest BCUT2D eigenvalue weighted by Gasteiger charge is 2.18. The molecular weight excluding hydrogens is 351 g/mol. The number of nitrogens with zero attached hydrogens (tertiary/aromatic N) is 3. The molecule has 3 aromatic rings. The van der Waals surface area contributed by atoms with Gasteiger partial charge in [-0.15, -0.1) is 0 Å². The Morgan fingerprint density at radius 2 is 1.96 bits per heavy atom. The SMILES string of the molecule is COCCNc1cc(-c2c(-c3ccc(F)cc3)nc(SC)n2C)ccn1. The number of anilines is 1. The third-order valence-electron chi connectivity index (χ3n) is 4.00. The summed E-state index contributed by atoms with van der Waals surface area (Å²) in [4.78, 5) is 9.11. The summed E-state index contributed by atoms with van der Waals surface area (Å²) in [5.41, 5.74) is 3.67. The molecule has 0 saturated heterocycles. The van der Waals surface area contributed by atoms with Crippen molar-refractivity contribution in [3.05, 3.63) is 48.4 Å². The Hall–Kier alpha value is -2.38. The first-order valence-electron chi connectivity index (χ1n) is 8.20. The van der Waals surface area contributed by atoms with E-state index in [1.165, 1.54) is 12.1 Å². The molecule has 0 bridgehead atoms. The summed E-state index contributed by atoms with van der Waals surface area (Å²) in [5, 5.41) is 4.14. The van der Waals surface area contributed by atoms with Gasteiger partial charge in [0.05, 0.1) is 18.0 Å². The van der Waals surface area contributed by atoms with Gasteiger partial charge in [-0.3, -0.25) is 0 Å². The number of ether oxygens (including phenoxy) is 1. The Labute approximate surface area is 156 Å². The number of aromatic nitrogens is 3. The van der Waals surface area contributed by atoms with Gasteiger partial charge in [0.1, 0.15) is 11.6 Å². The summed E-state index contributed by atoms with van der Waals surface area (Å²) in [6.45, 7) is 1.29. The van der Waals surface area contributed by atoms with E-state index in [1.54, 1.807) is 37.2 Å². The fraction of sp³-hybridized carbons (Fsp3) is 0.263. The summed E-state index contributed by atoms with van der Waals surface area (Å²) in [6, 6.07) is 10.4. The van der Waals surface area contributed by atoms with Crippen LogP contribution in [0.25, 0.3) is 22.5 Å². The van der Waals surface area contributed by atoms with Crippen LogP contribution in [0.15, 0.2) is 47.8 Å². The average Bonchev–Trinajstić information content (AvgIpc) is 2.99. The van der Waals surface area contributed by atoms with Gasteiger partial charge in [-0.2, -0.15) is 0 Å². The van der Waals surface area contributed by atoms with Crippen LogP contribution >= 0.6 is 11.8 Å². The molecule has 7 heteroatoms. The molecule has 0 aliphatic rings. The molecule has 0 amide bonds. The maximum absolute atomic E-state index is 13.3. The predicted octanol–water partition coefficient (Wildman–Crippen LogP) is 4.07. The molecule has 136 valence electrons. The third-order valence-corrected chi connectivity index (χ3v) is 4.73. The minimum absolute atomic E-state index is 0.259. The number of pyridine rings is 1. The molecule has 0 unspecified atom stereocenters. The molecule has 3 rings (SSSR count). The van der Waals surface area contributed by atoms with Crippen LogP contribution in [-0.2, 0) is 11.8 Å².